The van der Waals surface area contributed by atoms with Crippen LogP contribution in [-0.2, 0) is 0 Å². The number of benzene rings is 1. The summed E-state index contributed by atoms with van der Waals surface area (Å²) in [4.78, 5) is 0. The second-order valence-electron chi connectivity index (χ2n) is 4.56. The van der Waals surface area contributed by atoms with Gasteiger partial charge in [-0.25, -0.2) is 0 Å². The van der Waals surface area contributed by atoms with Crippen LogP contribution in [0.3, 0.4) is 0 Å². The van der Waals surface area contributed by atoms with E-state index in [1.165, 1.54) is 0 Å². The normalized spacial score (nSPS) is 13.6. The smallest absolute Gasteiger partial charge is 0.137 e. The van der Waals surface area contributed by atoms with Gasteiger partial charge in [-0.2, -0.15) is 0 Å². The van der Waals surface area contributed by atoms with Crippen LogP contribution in [0.4, 0.5) is 0 Å². The number of rotatable bonds is 4. The summed E-state index contributed by atoms with van der Waals surface area (Å²) < 4.78 is 5.09. The highest BCUT2D eigenvalue weighted by Gasteiger charge is 2.26. The number of nitrogens with two attached hydrogens (primary N) is 2. The molecule has 0 radical (unpaired) electrons. The largest absolute Gasteiger partial charge is 0.495 e. The topological polar surface area (TPSA) is 61.3 Å². The summed E-state index contributed by atoms with van der Waals surface area (Å²) in [5, 5.41) is 0.572. The summed E-state index contributed by atoms with van der Waals surface area (Å²) in [7, 11) is 1.59. The standard InChI is InChI=1S/C12H19ClN2O/c1-12(2,7-14)11(15)8-4-5-10(16-3)9(13)6-8/h4-6,11H,7,14-15H2,1-3H3. The Morgan fingerprint density at radius 2 is 2.06 bits per heavy atom. The minimum atomic E-state index is -0.155. The maximum absolute atomic E-state index is 6.16. The first kappa shape index (κ1) is 13.3. The lowest BCUT2D eigenvalue weighted by Gasteiger charge is -2.30. The summed E-state index contributed by atoms with van der Waals surface area (Å²) in [6.07, 6.45) is 0. The Bertz CT molecular complexity index is 366. The Kier molecular flexibility index (Phi) is 4.19. The van der Waals surface area contributed by atoms with E-state index in [0.29, 0.717) is 17.3 Å². The van der Waals surface area contributed by atoms with E-state index in [2.05, 4.69) is 0 Å². The molecular weight excluding hydrogens is 224 g/mol. The molecule has 0 spiro atoms. The second-order valence-corrected chi connectivity index (χ2v) is 4.97. The Labute approximate surface area is 102 Å². The van der Waals surface area contributed by atoms with Crippen molar-refractivity contribution in [1.29, 1.82) is 0 Å². The van der Waals surface area contributed by atoms with Crippen LogP contribution in [0.5, 0.6) is 5.75 Å². The van der Waals surface area contributed by atoms with Crippen LogP contribution >= 0.6 is 11.6 Å². The van der Waals surface area contributed by atoms with Crippen LogP contribution in [0.25, 0.3) is 0 Å². The molecule has 0 saturated carbocycles. The summed E-state index contributed by atoms with van der Waals surface area (Å²) in [6.45, 7) is 4.60. The Morgan fingerprint density at radius 1 is 1.44 bits per heavy atom. The summed E-state index contributed by atoms with van der Waals surface area (Å²) in [5.41, 5.74) is 12.7. The van der Waals surface area contributed by atoms with Gasteiger partial charge in [0.2, 0.25) is 0 Å². The lowest BCUT2D eigenvalue weighted by molar-refractivity contribution is 0.301. The van der Waals surface area contributed by atoms with Crippen molar-refractivity contribution in [3.8, 4) is 5.75 Å². The van der Waals surface area contributed by atoms with Crippen LogP contribution in [0.2, 0.25) is 5.02 Å². The fourth-order valence-corrected chi connectivity index (χ4v) is 1.72. The van der Waals surface area contributed by atoms with Gasteiger partial charge in [0.15, 0.2) is 0 Å². The fourth-order valence-electron chi connectivity index (χ4n) is 1.45. The predicted octanol–water partition coefficient (Wildman–Crippen LogP) is 2.33. The lowest BCUT2D eigenvalue weighted by atomic mass is 9.81. The molecule has 0 heterocycles. The van der Waals surface area contributed by atoms with E-state index >= 15 is 0 Å². The van der Waals surface area contributed by atoms with Gasteiger partial charge >= 0.3 is 0 Å². The van der Waals surface area contributed by atoms with Gasteiger partial charge in [-0.15, -0.1) is 0 Å². The molecule has 0 aliphatic rings. The van der Waals surface area contributed by atoms with Gasteiger partial charge in [0.25, 0.3) is 0 Å². The Morgan fingerprint density at radius 3 is 2.50 bits per heavy atom. The minimum Gasteiger partial charge on any atom is -0.495 e. The highest BCUT2D eigenvalue weighted by Crippen LogP contribution is 2.34. The molecule has 90 valence electrons. The third kappa shape index (κ3) is 2.67. The zero-order valence-electron chi connectivity index (χ0n) is 9.96. The molecule has 0 fully saturated rings. The summed E-state index contributed by atoms with van der Waals surface area (Å²) in [5.74, 6) is 0.656. The third-order valence-corrected chi connectivity index (χ3v) is 3.20. The van der Waals surface area contributed by atoms with Crippen LogP contribution in [0.15, 0.2) is 18.2 Å². The first-order chi connectivity index (χ1) is 7.42. The molecule has 3 nitrogen and oxygen atoms in total. The zero-order chi connectivity index (χ0) is 12.3. The molecule has 0 bridgehead atoms. The van der Waals surface area contributed by atoms with Gasteiger partial charge in [0.05, 0.1) is 12.1 Å². The maximum atomic E-state index is 6.16. The number of hydrogen-bond donors (Lipinski definition) is 2. The lowest BCUT2D eigenvalue weighted by Crippen LogP contribution is -2.35. The van der Waals surface area contributed by atoms with Crippen molar-refractivity contribution < 1.29 is 4.74 Å². The molecule has 0 aliphatic carbocycles. The molecule has 0 amide bonds. The molecule has 1 atom stereocenters. The predicted molar refractivity (Wildman–Crippen MR) is 67.8 cm³/mol. The van der Waals surface area contributed by atoms with E-state index in [4.69, 9.17) is 27.8 Å². The minimum absolute atomic E-state index is 0.138. The summed E-state index contributed by atoms with van der Waals surface area (Å²) >= 11 is 6.06. The average molecular weight is 243 g/mol. The molecular formula is C12H19ClN2O. The van der Waals surface area contributed by atoms with Crippen molar-refractivity contribution in [2.75, 3.05) is 13.7 Å². The van der Waals surface area contributed by atoms with Gasteiger partial charge in [0.1, 0.15) is 5.75 Å². The number of halogens is 1. The molecule has 4 heteroatoms. The van der Waals surface area contributed by atoms with Crippen molar-refractivity contribution >= 4 is 11.6 Å². The van der Waals surface area contributed by atoms with Crippen LogP contribution < -0.4 is 16.2 Å². The van der Waals surface area contributed by atoms with Gasteiger partial charge < -0.3 is 16.2 Å². The average Bonchev–Trinajstić information content (AvgIpc) is 2.27. The molecule has 0 aliphatic heterocycles. The first-order valence-corrected chi connectivity index (χ1v) is 5.59. The quantitative estimate of drug-likeness (QED) is 0.852. The van der Waals surface area contributed by atoms with Gasteiger partial charge in [-0.05, 0) is 29.7 Å². The van der Waals surface area contributed by atoms with Crippen LogP contribution in [0, 0.1) is 5.41 Å². The van der Waals surface area contributed by atoms with E-state index < -0.39 is 0 Å². The molecule has 1 rings (SSSR count). The van der Waals surface area contributed by atoms with E-state index in [1.807, 2.05) is 32.0 Å². The molecule has 16 heavy (non-hydrogen) atoms. The zero-order valence-corrected chi connectivity index (χ0v) is 10.7. The van der Waals surface area contributed by atoms with Crippen molar-refractivity contribution in [2.24, 2.45) is 16.9 Å². The van der Waals surface area contributed by atoms with Gasteiger partial charge in [-0.3, -0.25) is 0 Å². The SMILES string of the molecule is COc1ccc(C(N)C(C)(C)CN)cc1Cl. The monoisotopic (exact) mass is 242 g/mol. The maximum Gasteiger partial charge on any atom is 0.137 e. The van der Waals surface area contributed by atoms with Crippen LogP contribution in [0.1, 0.15) is 25.5 Å². The highest BCUT2D eigenvalue weighted by atomic mass is 35.5. The van der Waals surface area contributed by atoms with E-state index in [1.54, 1.807) is 7.11 Å². The van der Waals surface area contributed by atoms with E-state index in [9.17, 15) is 0 Å². The van der Waals surface area contributed by atoms with Crippen LogP contribution in [-0.4, -0.2) is 13.7 Å². The molecule has 0 aromatic heterocycles. The van der Waals surface area contributed by atoms with Gasteiger partial charge in [0, 0.05) is 6.04 Å². The molecule has 0 saturated heterocycles. The van der Waals surface area contributed by atoms with Crippen molar-refractivity contribution in [2.45, 2.75) is 19.9 Å². The number of hydrogen-bond acceptors (Lipinski definition) is 3. The summed E-state index contributed by atoms with van der Waals surface area (Å²) in [6, 6.07) is 5.44. The van der Waals surface area contributed by atoms with Crippen molar-refractivity contribution in [1.82, 2.24) is 0 Å². The molecule has 1 aromatic carbocycles. The highest BCUT2D eigenvalue weighted by molar-refractivity contribution is 6.32. The number of ether oxygens (including phenoxy) is 1. The van der Waals surface area contributed by atoms with E-state index in [-0.39, 0.29) is 11.5 Å². The number of methoxy groups -OCH3 is 1. The molecule has 4 N–H and O–H groups in total. The third-order valence-electron chi connectivity index (χ3n) is 2.90. The molecule has 1 unspecified atom stereocenters. The fraction of sp³-hybridized carbons (Fsp3) is 0.500. The van der Waals surface area contributed by atoms with Crippen molar-refractivity contribution in [3.63, 3.8) is 0 Å². The second kappa shape index (κ2) is 5.04. The Balaban J connectivity index is 3.02. The molecule has 1 aromatic rings. The Hall–Kier alpha value is -0.770. The first-order valence-electron chi connectivity index (χ1n) is 5.21. The van der Waals surface area contributed by atoms with Gasteiger partial charge in [-0.1, -0.05) is 31.5 Å². The van der Waals surface area contributed by atoms with Crippen molar-refractivity contribution in [3.05, 3.63) is 28.8 Å². The van der Waals surface area contributed by atoms with E-state index in [0.717, 1.165) is 5.56 Å².